The molecule has 0 radical (unpaired) electrons. The predicted octanol–water partition coefficient (Wildman–Crippen LogP) is -0.000280. The fraction of sp³-hybridized carbons (Fsp3) is 0.500. The van der Waals surface area contributed by atoms with Gasteiger partial charge in [-0.1, -0.05) is 0 Å². The van der Waals surface area contributed by atoms with Crippen molar-refractivity contribution < 1.29 is 17.9 Å². The van der Waals surface area contributed by atoms with E-state index in [2.05, 4.69) is 4.72 Å². The van der Waals surface area contributed by atoms with E-state index in [-0.39, 0.29) is 18.9 Å². The SMILES string of the molecule is Cc1ccc(CNS(=O)(=O)CCO)o1. The van der Waals surface area contributed by atoms with Crippen LogP contribution < -0.4 is 4.72 Å². The Kier molecular flexibility index (Phi) is 3.68. The molecule has 5 nitrogen and oxygen atoms in total. The van der Waals surface area contributed by atoms with E-state index in [0.717, 1.165) is 5.76 Å². The molecule has 0 bridgehead atoms. The molecule has 1 aromatic heterocycles. The second kappa shape index (κ2) is 4.59. The van der Waals surface area contributed by atoms with E-state index in [1.54, 1.807) is 19.1 Å². The summed E-state index contributed by atoms with van der Waals surface area (Å²) in [6.45, 7) is 1.52. The van der Waals surface area contributed by atoms with Gasteiger partial charge in [0, 0.05) is 0 Å². The normalized spacial score (nSPS) is 11.9. The second-order valence-corrected chi connectivity index (χ2v) is 4.80. The van der Waals surface area contributed by atoms with Crippen molar-refractivity contribution >= 4 is 10.0 Å². The van der Waals surface area contributed by atoms with E-state index < -0.39 is 10.0 Å². The van der Waals surface area contributed by atoms with Crippen LogP contribution in [0, 0.1) is 6.92 Å². The van der Waals surface area contributed by atoms with Crippen LogP contribution in [-0.2, 0) is 16.6 Å². The first-order chi connectivity index (χ1) is 6.53. The molecule has 1 aromatic rings. The van der Waals surface area contributed by atoms with Gasteiger partial charge in [-0.25, -0.2) is 13.1 Å². The third-order valence-electron chi connectivity index (χ3n) is 1.62. The molecule has 0 aliphatic rings. The first-order valence-corrected chi connectivity index (χ1v) is 5.82. The molecule has 0 saturated heterocycles. The van der Waals surface area contributed by atoms with Crippen molar-refractivity contribution in [3.05, 3.63) is 23.7 Å². The molecule has 0 unspecified atom stereocenters. The highest BCUT2D eigenvalue weighted by Gasteiger charge is 2.09. The van der Waals surface area contributed by atoms with Crippen LogP contribution in [0.5, 0.6) is 0 Å². The Hall–Kier alpha value is -0.850. The first-order valence-electron chi connectivity index (χ1n) is 4.17. The average Bonchev–Trinajstić information content (AvgIpc) is 2.48. The topological polar surface area (TPSA) is 79.5 Å². The number of sulfonamides is 1. The highest BCUT2D eigenvalue weighted by atomic mass is 32.2. The largest absolute Gasteiger partial charge is 0.465 e. The van der Waals surface area contributed by atoms with Crippen LogP contribution in [0.3, 0.4) is 0 Å². The summed E-state index contributed by atoms with van der Waals surface area (Å²) in [6.07, 6.45) is 0. The number of aliphatic hydroxyl groups excluding tert-OH is 1. The molecule has 1 heterocycles. The van der Waals surface area contributed by atoms with Gasteiger partial charge in [0.15, 0.2) is 0 Å². The smallest absolute Gasteiger partial charge is 0.214 e. The fourth-order valence-corrected chi connectivity index (χ4v) is 1.70. The van der Waals surface area contributed by atoms with Crippen molar-refractivity contribution in [1.82, 2.24) is 4.72 Å². The number of aryl methyl sites for hydroxylation is 1. The predicted molar refractivity (Wildman–Crippen MR) is 51.2 cm³/mol. The minimum atomic E-state index is -3.38. The van der Waals surface area contributed by atoms with Crippen molar-refractivity contribution in [2.24, 2.45) is 0 Å². The average molecular weight is 219 g/mol. The Labute approximate surface area is 82.8 Å². The molecule has 0 aliphatic carbocycles. The first kappa shape index (κ1) is 11.2. The zero-order valence-electron chi connectivity index (χ0n) is 7.86. The lowest BCUT2D eigenvalue weighted by Crippen LogP contribution is -2.27. The van der Waals surface area contributed by atoms with Crippen LogP contribution >= 0.6 is 0 Å². The van der Waals surface area contributed by atoms with Crippen LogP contribution in [0.4, 0.5) is 0 Å². The molecule has 0 amide bonds. The molecule has 0 aliphatic heterocycles. The summed E-state index contributed by atoms with van der Waals surface area (Å²) in [7, 11) is -3.38. The molecule has 2 N–H and O–H groups in total. The van der Waals surface area contributed by atoms with Crippen LogP contribution in [0.1, 0.15) is 11.5 Å². The standard InChI is InChI=1S/C8H13NO4S/c1-7-2-3-8(13-7)6-9-14(11,12)5-4-10/h2-3,9-10H,4-6H2,1H3. The fourth-order valence-electron chi connectivity index (χ4n) is 0.954. The Balaban J connectivity index is 2.48. The number of furan rings is 1. The summed E-state index contributed by atoms with van der Waals surface area (Å²) in [5, 5.41) is 8.46. The molecule has 0 aromatic carbocycles. The molecule has 6 heteroatoms. The van der Waals surface area contributed by atoms with E-state index in [1.807, 2.05) is 0 Å². The lowest BCUT2D eigenvalue weighted by Gasteiger charge is -2.02. The third-order valence-corrected chi connectivity index (χ3v) is 2.93. The van der Waals surface area contributed by atoms with Crippen LogP contribution in [0.2, 0.25) is 0 Å². The lowest BCUT2D eigenvalue weighted by atomic mass is 10.4. The van der Waals surface area contributed by atoms with Gasteiger partial charge in [-0.05, 0) is 19.1 Å². The van der Waals surface area contributed by atoms with E-state index in [9.17, 15) is 8.42 Å². The minimum absolute atomic E-state index is 0.121. The van der Waals surface area contributed by atoms with Gasteiger partial charge in [-0.15, -0.1) is 0 Å². The van der Waals surface area contributed by atoms with Gasteiger partial charge in [0.05, 0.1) is 18.9 Å². The van der Waals surface area contributed by atoms with Gasteiger partial charge in [-0.2, -0.15) is 0 Å². The zero-order chi connectivity index (χ0) is 10.6. The number of nitrogens with one attached hydrogen (secondary N) is 1. The van der Waals surface area contributed by atoms with E-state index in [1.165, 1.54) is 0 Å². The molecule has 1 rings (SSSR count). The highest BCUT2D eigenvalue weighted by Crippen LogP contribution is 2.05. The maximum Gasteiger partial charge on any atom is 0.214 e. The summed E-state index contributed by atoms with van der Waals surface area (Å²) in [5.74, 6) is 1.01. The summed E-state index contributed by atoms with van der Waals surface area (Å²) >= 11 is 0. The number of hydrogen-bond donors (Lipinski definition) is 2. The third kappa shape index (κ3) is 3.49. The van der Waals surface area contributed by atoms with Gasteiger partial charge in [0.1, 0.15) is 11.5 Å². The molecule has 0 spiro atoms. The number of rotatable bonds is 5. The monoisotopic (exact) mass is 219 g/mol. The highest BCUT2D eigenvalue weighted by molar-refractivity contribution is 7.89. The van der Waals surface area contributed by atoms with Crippen molar-refractivity contribution in [3.8, 4) is 0 Å². The number of aliphatic hydroxyl groups is 1. The lowest BCUT2D eigenvalue weighted by molar-refractivity contribution is 0.319. The Bertz CT molecular complexity index is 382. The van der Waals surface area contributed by atoms with Gasteiger partial charge in [0.2, 0.25) is 10.0 Å². The molecule has 80 valence electrons. The summed E-state index contributed by atoms with van der Waals surface area (Å²) in [5.41, 5.74) is 0. The molecule has 0 fully saturated rings. The van der Waals surface area contributed by atoms with Crippen molar-refractivity contribution in [3.63, 3.8) is 0 Å². The molecular formula is C8H13NO4S. The molecule has 14 heavy (non-hydrogen) atoms. The molecule has 0 saturated carbocycles. The van der Waals surface area contributed by atoms with Crippen LogP contribution in [0.25, 0.3) is 0 Å². The minimum Gasteiger partial charge on any atom is -0.465 e. The molecular weight excluding hydrogens is 206 g/mol. The van der Waals surface area contributed by atoms with Crippen molar-refractivity contribution in [2.45, 2.75) is 13.5 Å². The van der Waals surface area contributed by atoms with Crippen LogP contribution in [-0.4, -0.2) is 25.9 Å². The van der Waals surface area contributed by atoms with Gasteiger partial charge in [0.25, 0.3) is 0 Å². The van der Waals surface area contributed by atoms with Crippen molar-refractivity contribution in [2.75, 3.05) is 12.4 Å². The molecule has 0 atom stereocenters. The van der Waals surface area contributed by atoms with E-state index in [0.29, 0.717) is 5.76 Å². The van der Waals surface area contributed by atoms with Crippen LogP contribution in [0.15, 0.2) is 16.5 Å². The van der Waals surface area contributed by atoms with Gasteiger partial charge < -0.3 is 9.52 Å². The van der Waals surface area contributed by atoms with Crippen molar-refractivity contribution in [1.29, 1.82) is 0 Å². The quantitative estimate of drug-likeness (QED) is 0.730. The Morgan fingerprint density at radius 2 is 2.21 bits per heavy atom. The second-order valence-electron chi connectivity index (χ2n) is 2.88. The summed E-state index contributed by atoms with van der Waals surface area (Å²) in [4.78, 5) is 0. The van der Waals surface area contributed by atoms with Gasteiger partial charge >= 0.3 is 0 Å². The maximum atomic E-state index is 11.1. The van der Waals surface area contributed by atoms with Gasteiger partial charge in [-0.3, -0.25) is 0 Å². The Morgan fingerprint density at radius 3 is 2.71 bits per heavy atom. The summed E-state index contributed by atoms with van der Waals surface area (Å²) in [6, 6.07) is 3.46. The zero-order valence-corrected chi connectivity index (χ0v) is 8.67. The Morgan fingerprint density at radius 1 is 1.50 bits per heavy atom. The van der Waals surface area contributed by atoms with E-state index >= 15 is 0 Å². The van der Waals surface area contributed by atoms with E-state index in [4.69, 9.17) is 9.52 Å². The maximum absolute atomic E-state index is 11.1. The summed E-state index contributed by atoms with van der Waals surface area (Å²) < 4.78 is 29.7. The number of hydrogen-bond acceptors (Lipinski definition) is 4.